The molecule has 0 atom stereocenters. The van der Waals surface area contributed by atoms with E-state index in [-0.39, 0.29) is 11.5 Å². The number of nitrogens with zero attached hydrogens (tertiary/aromatic N) is 2. The van der Waals surface area contributed by atoms with Crippen molar-refractivity contribution in [2.45, 2.75) is 58.1 Å². The zero-order valence-corrected chi connectivity index (χ0v) is 21.3. The highest BCUT2D eigenvalue weighted by atomic mass is 16.5. The summed E-state index contributed by atoms with van der Waals surface area (Å²) in [6.45, 7) is 7.52. The molecule has 0 spiro atoms. The molecule has 0 aliphatic carbocycles. The maximum Gasteiger partial charge on any atom is 0.229 e. The van der Waals surface area contributed by atoms with E-state index in [1.165, 1.54) is 16.7 Å². The van der Waals surface area contributed by atoms with Gasteiger partial charge in [0.25, 0.3) is 0 Å². The maximum atomic E-state index is 13.8. The lowest BCUT2D eigenvalue weighted by molar-refractivity contribution is -0.149. The topological polar surface area (TPSA) is 42.0 Å². The first-order valence-electron chi connectivity index (χ1n) is 12.8. The van der Waals surface area contributed by atoms with Gasteiger partial charge >= 0.3 is 0 Å². The van der Waals surface area contributed by atoms with Crippen LogP contribution in [-0.4, -0.2) is 68.3 Å². The van der Waals surface area contributed by atoms with Crippen LogP contribution in [0.15, 0.2) is 48.5 Å². The highest BCUT2D eigenvalue weighted by Crippen LogP contribution is 2.38. The lowest BCUT2D eigenvalue weighted by atomic mass is 9.73. The molecule has 0 N–H and O–H groups in total. The summed E-state index contributed by atoms with van der Waals surface area (Å²) < 4.78 is 11.4. The molecule has 0 saturated carbocycles. The van der Waals surface area contributed by atoms with Crippen molar-refractivity contribution in [1.29, 1.82) is 0 Å². The molecule has 2 aliphatic heterocycles. The van der Waals surface area contributed by atoms with Gasteiger partial charge in [-0.25, -0.2) is 0 Å². The smallest absolute Gasteiger partial charge is 0.229 e. The number of likely N-dealkylation sites (tertiary alicyclic amines) is 1. The number of carbonyl (C=O) groups is 1. The summed E-state index contributed by atoms with van der Waals surface area (Å²) in [7, 11) is 4.18. The Labute approximate surface area is 205 Å². The number of rotatable bonds is 7. The van der Waals surface area contributed by atoms with Crippen molar-refractivity contribution in [2.24, 2.45) is 5.41 Å². The molecule has 2 aliphatic rings. The number of hydrogen-bond acceptors (Lipinski definition) is 4. The Bertz CT molecular complexity index is 925. The standard InChI is InChI=1S/C29H40N2O3/c1-22(2)34-27-11-9-25(10-12-27)24-7-5-23(6-8-24)21-29(15-19-33-20-16-29)28(32)31(4)26-13-17-30(3)18-14-26/h5-12,22,26H,13-21H2,1-4H3. The average Bonchev–Trinajstić information content (AvgIpc) is 2.85. The normalized spacial score (nSPS) is 19.2. The van der Waals surface area contributed by atoms with Crippen LogP contribution in [0.25, 0.3) is 11.1 Å². The van der Waals surface area contributed by atoms with Gasteiger partial charge in [-0.05, 0) is 94.9 Å². The highest BCUT2D eigenvalue weighted by Gasteiger charge is 2.43. The van der Waals surface area contributed by atoms with Crippen molar-refractivity contribution in [3.05, 3.63) is 54.1 Å². The van der Waals surface area contributed by atoms with Gasteiger partial charge in [0.05, 0.1) is 11.5 Å². The summed E-state index contributed by atoms with van der Waals surface area (Å²) in [4.78, 5) is 18.3. The minimum absolute atomic E-state index is 0.170. The molecule has 5 nitrogen and oxygen atoms in total. The molecular weight excluding hydrogens is 424 g/mol. The highest BCUT2D eigenvalue weighted by molar-refractivity contribution is 5.83. The van der Waals surface area contributed by atoms with E-state index in [9.17, 15) is 4.79 Å². The lowest BCUT2D eigenvalue weighted by Crippen LogP contribution is -2.52. The van der Waals surface area contributed by atoms with E-state index in [1.807, 2.05) is 33.0 Å². The average molecular weight is 465 g/mol. The Morgan fingerprint density at radius 1 is 1.03 bits per heavy atom. The van der Waals surface area contributed by atoms with E-state index in [0.717, 1.165) is 50.9 Å². The minimum atomic E-state index is -0.367. The van der Waals surface area contributed by atoms with Crippen molar-refractivity contribution in [3.63, 3.8) is 0 Å². The lowest BCUT2D eigenvalue weighted by Gasteiger charge is -2.43. The number of benzene rings is 2. The Morgan fingerprint density at radius 3 is 2.15 bits per heavy atom. The molecule has 0 bridgehead atoms. The first kappa shape index (κ1) is 24.7. The first-order chi connectivity index (χ1) is 16.4. The van der Waals surface area contributed by atoms with Crippen LogP contribution in [0.4, 0.5) is 0 Å². The van der Waals surface area contributed by atoms with Gasteiger partial charge in [0.2, 0.25) is 5.91 Å². The van der Waals surface area contributed by atoms with Gasteiger partial charge in [-0.15, -0.1) is 0 Å². The van der Waals surface area contributed by atoms with Crippen molar-refractivity contribution < 1.29 is 14.3 Å². The van der Waals surface area contributed by atoms with Crippen LogP contribution in [0, 0.1) is 5.41 Å². The van der Waals surface area contributed by atoms with Gasteiger partial charge in [-0.3, -0.25) is 4.79 Å². The quantitative estimate of drug-likeness (QED) is 0.576. The second-order valence-corrected chi connectivity index (χ2v) is 10.4. The molecule has 0 aromatic heterocycles. The summed E-state index contributed by atoms with van der Waals surface area (Å²) >= 11 is 0. The molecule has 0 unspecified atom stereocenters. The Hall–Kier alpha value is -2.37. The summed E-state index contributed by atoms with van der Waals surface area (Å²) in [5, 5.41) is 0. The van der Waals surface area contributed by atoms with E-state index < -0.39 is 0 Å². The first-order valence-corrected chi connectivity index (χ1v) is 12.8. The van der Waals surface area contributed by atoms with Crippen LogP contribution in [0.1, 0.15) is 45.1 Å². The molecule has 5 heteroatoms. The molecule has 2 aromatic rings. The third-order valence-electron chi connectivity index (χ3n) is 7.52. The van der Waals surface area contributed by atoms with Gasteiger partial charge < -0.3 is 19.3 Å². The van der Waals surface area contributed by atoms with E-state index >= 15 is 0 Å². The molecule has 2 fully saturated rings. The number of ether oxygens (including phenoxy) is 2. The van der Waals surface area contributed by atoms with E-state index in [1.54, 1.807) is 0 Å². The van der Waals surface area contributed by atoms with Crippen molar-refractivity contribution in [3.8, 4) is 16.9 Å². The van der Waals surface area contributed by atoms with Crippen LogP contribution < -0.4 is 4.74 Å². The molecule has 1 amide bonds. The van der Waals surface area contributed by atoms with Crippen LogP contribution in [0.2, 0.25) is 0 Å². The predicted octanol–water partition coefficient (Wildman–Crippen LogP) is 5.03. The largest absolute Gasteiger partial charge is 0.491 e. The van der Waals surface area contributed by atoms with Gasteiger partial charge in [-0.1, -0.05) is 36.4 Å². The summed E-state index contributed by atoms with van der Waals surface area (Å²) in [6, 6.07) is 17.3. The Balaban J connectivity index is 1.47. The van der Waals surface area contributed by atoms with Gasteiger partial charge in [-0.2, -0.15) is 0 Å². The van der Waals surface area contributed by atoms with Crippen molar-refractivity contribution in [1.82, 2.24) is 9.80 Å². The fourth-order valence-electron chi connectivity index (χ4n) is 5.35. The van der Waals surface area contributed by atoms with Crippen LogP contribution >= 0.6 is 0 Å². The van der Waals surface area contributed by atoms with E-state index in [0.29, 0.717) is 25.2 Å². The molecule has 2 heterocycles. The number of hydrogen-bond donors (Lipinski definition) is 0. The van der Waals surface area contributed by atoms with Gasteiger partial charge in [0, 0.05) is 26.3 Å². The predicted molar refractivity (Wildman–Crippen MR) is 137 cm³/mol. The molecule has 184 valence electrons. The van der Waals surface area contributed by atoms with Crippen LogP contribution in [0.5, 0.6) is 5.75 Å². The zero-order valence-electron chi connectivity index (χ0n) is 21.3. The third kappa shape index (κ3) is 5.81. The second-order valence-electron chi connectivity index (χ2n) is 10.4. The van der Waals surface area contributed by atoms with Crippen molar-refractivity contribution in [2.75, 3.05) is 40.4 Å². The summed E-state index contributed by atoms with van der Waals surface area (Å²) in [6.07, 6.45) is 4.64. The number of piperidine rings is 1. The maximum absolute atomic E-state index is 13.8. The number of carbonyl (C=O) groups excluding carboxylic acids is 1. The monoisotopic (exact) mass is 464 g/mol. The van der Waals surface area contributed by atoms with Gasteiger partial charge in [0.1, 0.15) is 5.75 Å². The third-order valence-corrected chi connectivity index (χ3v) is 7.52. The van der Waals surface area contributed by atoms with Crippen LogP contribution in [0.3, 0.4) is 0 Å². The molecule has 34 heavy (non-hydrogen) atoms. The Kier molecular flexibility index (Phi) is 7.95. The van der Waals surface area contributed by atoms with E-state index in [2.05, 4.69) is 53.2 Å². The molecule has 0 radical (unpaired) electrons. The molecule has 2 saturated heterocycles. The minimum Gasteiger partial charge on any atom is -0.491 e. The Morgan fingerprint density at radius 2 is 1.59 bits per heavy atom. The summed E-state index contributed by atoms with van der Waals surface area (Å²) in [5.74, 6) is 1.19. The molecule has 2 aromatic carbocycles. The number of amides is 1. The van der Waals surface area contributed by atoms with E-state index in [4.69, 9.17) is 9.47 Å². The van der Waals surface area contributed by atoms with Gasteiger partial charge in [0.15, 0.2) is 0 Å². The molecular formula is C29H40N2O3. The fourth-order valence-corrected chi connectivity index (χ4v) is 5.35. The SMILES string of the molecule is CC(C)Oc1ccc(-c2ccc(CC3(C(=O)N(C)C4CCN(C)CC4)CCOCC3)cc2)cc1. The molecule has 4 rings (SSSR count). The van der Waals surface area contributed by atoms with Crippen LogP contribution in [-0.2, 0) is 16.0 Å². The van der Waals surface area contributed by atoms with Crippen molar-refractivity contribution >= 4 is 5.91 Å². The summed E-state index contributed by atoms with van der Waals surface area (Å²) in [5.41, 5.74) is 3.20. The zero-order chi connectivity index (χ0) is 24.1. The second kappa shape index (κ2) is 10.9. The fraction of sp³-hybridized carbons (Fsp3) is 0.552.